The first-order valence-corrected chi connectivity index (χ1v) is 8.42. The van der Waals surface area contributed by atoms with Crippen molar-refractivity contribution in [1.82, 2.24) is 14.3 Å². The lowest BCUT2D eigenvalue weighted by atomic mass is 9.94. The van der Waals surface area contributed by atoms with Gasteiger partial charge in [-0.1, -0.05) is 23.7 Å². The van der Waals surface area contributed by atoms with Crippen LogP contribution >= 0.6 is 22.9 Å². The molecule has 0 aliphatic carbocycles. The molecule has 1 aliphatic rings. The van der Waals surface area contributed by atoms with E-state index in [-0.39, 0.29) is 11.9 Å². The molecule has 0 spiro atoms. The Labute approximate surface area is 137 Å². The van der Waals surface area contributed by atoms with Crippen molar-refractivity contribution in [3.8, 4) is 0 Å². The van der Waals surface area contributed by atoms with Crippen LogP contribution in [0.3, 0.4) is 0 Å². The quantitative estimate of drug-likeness (QED) is 0.736. The van der Waals surface area contributed by atoms with Gasteiger partial charge in [-0.3, -0.25) is 9.20 Å². The van der Waals surface area contributed by atoms with Crippen LogP contribution in [0.4, 0.5) is 0 Å². The summed E-state index contributed by atoms with van der Waals surface area (Å²) in [5.74, 6) is 0.136. The maximum absolute atomic E-state index is 12.5. The van der Waals surface area contributed by atoms with Gasteiger partial charge in [-0.15, -0.1) is 11.3 Å². The average molecular weight is 332 g/mol. The van der Waals surface area contributed by atoms with Crippen molar-refractivity contribution in [2.24, 2.45) is 0 Å². The van der Waals surface area contributed by atoms with Crippen LogP contribution in [0.1, 0.15) is 23.7 Å². The number of likely N-dealkylation sites (tertiary alicyclic amines) is 1. The third-order valence-corrected chi connectivity index (χ3v) is 5.09. The number of nitrogens with zero attached hydrogens (tertiary/aromatic N) is 3. The van der Waals surface area contributed by atoms with Gasteiger partial charge in [-0.2, -0.15) is 0 Å². The Hall–Kier alpha value is -1.85. The van der Waals surface area contributed by atoms with Gasteiger partial charge in [0.1, 0.15) is 0 Å². The second-order valence-electron chi connectivity index (χ2n) is 5.45. The Bertz CT molecular complexity index is 795. The minimum absolute atomic E-state index is 0.136. The third-order valence-electron chi connectivity index (χ3n) is 4.07. The van der Waals surface area contributed by atoms with Gasteiger partial charge in [-0.05, 0) is 24.1 Å². The zero-order valence-corrected chi connectivity index (χ0v) is 13.3. The van der Waals surface area contributed by atoms with E-state index >= 15 is 0 Å². The van der Waals surface area contributed by atoms with E-state index in [2.05, 4.69) is 4.98 Å². The Kier molecular flexibility index (Phi) is 3.39. The van der Waals surface area contributed by atoms with E-state index in [9.17, 15) is 4.79 Å². The van der Waals surface area contributed by atoms with Gasteiger partial charge in [0.2, 0.25) is 5.91 Å². The number of aromatic nitrogens is 2. The summed E-state index contributed by atoms with van der Waals surface area (Å²) < 4.78 is 1.96. The lowest BCUT2D eigenvalue weighted by Gasteiger charge is -2.41. The number of fused-ring (bicyclic) bond motifs is 1. The molecule has 2 aromatic heterocycles. The van der Waals surface area contributed by atoms with Crippen molar-refractivity contribution in [3.63, 3.8) is 0 Å². The number of hydrogen-bond acceptors (Lipinski definition) is 3. The maximum atomic E-state index is 12.5. The van der Waals surface area contributed by atoms with Crippen LogP contribution in [0.2, 0.25) is 5.02 Å². The average Bonchev–Trinajstić information content (AvgIpc) is 3.00. The fourth-order valence-electron chi connectivity index (χ4n) is 2.84. The smallest absolute Gasteiger partial charge is 0.229 e. The molecule has 22 heavy (non-hydrogen) atoms. The highest BCUT2D eigenvalue weighted by molar-refractivity contribution is 7.15. The minimum atomic E-state index is 0.136. The van der Waals surface area contributed by atoms with E-state index in [0.29, 0.717) is 6.42 Å². The van der Waals surface area contributed by atoms with Gasteiger partial charge in [0, 0.05) is 29.3 Å². The molecule has 3 heterocycles. The first kappa shape index (κ1) is 13.8. The van der Waals surface area contributed by atoms with Crippen LogP contribution in [0, 0.1) is 0 Å². The molecule has 1 fully saturated rings. The number of benzene rings is 1. The van der Waals surface area contributed by atoms with Crippen LogP contribution < -0.4 is 0 Å². The zero-order valence-electron chi connectivity index (χ0n) is 11.8. The maximum Gasteiger partial charge on any atom is 0.229 e. The van der Waals surface area contributed by atoms with Crippen molar-refractivity contribution < 1.29 is 4.79 Å². The summed E-state index contributed by atoms with van der Waals surface area (Å²) in [6, 6.07) is 7.93. The van der Waals surface area contributed by atoms with E-state index in [4.69, 9.17) is 11.6 Å². The van der Waals surface area contributed by atoms with E-state index in [0.717, 1.165) is 34.2 Å². The highest BCUT2D eigenvalue weighted by Gasteiger charge is 2.33. The summed E-state index contributed by atoms with van der Waals surface area (Å²) in [4.78, 5) is 19.8. The molecular formula is C16H14ClN3OS. The van der Waals surface area contributed by atoms with Gasteiger partial charge >= 0.3 is 0 Å². The molecule has 4 nitrogen and oxygen atoms in total. The number of hydrogen-bond donors (Lipinski definition) is 0. The van der Waals surface area contributed by atoms with Gasteiger partial charge in [0.15, 0.2) is 4.96 Å². The molecule has 6 heteroatoms. The second kappa shape index (κ2) is 5.41. The topological polar surface area (TPSA) is 37.6 Å². The van der Waals surface area contributed by atoms with Crippen molar-refractivity contribution in [3.05, 3.63) is 58.3 Å². The molecule has 1 saturated heterocycles. The largest absolute Gasteiger partial charge is 0.335 e. The lowest BCUT2D eigenvalue weighted by Crippen LogP contribution is -2.45. The van der Waals surface area contributed by atoms with Gasteiger partial charge < -0.3 is 4.90 Å². The Morgan fingerprint density at radius 1 is 1.36 bits per heavy atom. The number of imidazole rings is 1. The first-order valence-electron chi connectivity index (χ1n) is 7.17. The van der Waals surface area contributed by atoms with Crippen molar-refractivity contribution in [2.45, 2.75) is 18.9 Å². The van der Waals surface area contributed by atoms with Crippen LogP contribution in [0.15, 0.2) is 42.0 Å². The highest BCUT2D eigenvalue weighted by atomic mass is 35.5. The van der Waals surface area contributed by atoms with Crippen molar-refractivity contribution >= 4 is 33.8 Å². The van der Waals surface area contributed by atoms with Crippen molar-refractivity contribution in [2.75, 3.05) is 6.54 Å². The molecule has 4 rings (SSSR count). The summed E-state index contributed by atoms with van der Waals surface area (Å²) in [6.45, 7) is 0.814. The number of halogens is 1. The highest BCUT2D eigenvalue weighted by Crippen LogP contribution is 2.34. The summed E-state index contributed by atoms with van der Waals surface area (Å²) in [5.41, 5.74) is 1.98. The summed E-state index contributed by atoms with van der Waals surface area (Å²) in [6.07, 6.45) is 5.26. The molecule has 3 aromatic rings. The molecule has 1 aromatic carbocycles. The predicted octanol–water partition coefficient (Wildman–Crippen LogP) is 3.57. The number of amides is 1. The van der Waals surface area contributed by atoms with Crippen LogP contribution in [0.5, 0.6) is 0 Å². The number of carbonyl (C=O) groups is 1. The van der Waals surface area contributed by atoms with E-state index in [1.807, 2.05) is 51.3 Å². The molecule has 0 radical (unpaired) electrons. The first-order chi connectivity index (χ1) is 10.7. The molecule has 1 amide bonds. The fourth-order valence-corrected chi connectivity index (χ4v) is 3.68. The summed E-state index contributed by atoms with van der Waals surface area (Å²) >= 11 is 7.50. The third kappa shape index (κ3) is 2.40. The molecular weight excluding hydrogens is 318 g/mol. The van der Waals surface area contributed by atoms with E-state index in [1.165, 1.54) is 0 Å². The number of thiazole rings is 1. The molecule has 0 saturated carbocycles. The number of rotatable bonds is 3. The van der Waals surface area contributed by atoms with E-state index in [1.54, 1.807) is 11.3 Å². The fraction of sp³-hybridized carbons (Fsp3) is 0.250. The summed E-state index contributed by atoms with van der Waals surface area (Å²) in [7, 11) is 0. The van der Waals surface area contributed by atoms with Crippen molar-refractivity contribution in [1.29, 1.82) is 0 Å². The van der Waals surface area contributed by atoms with Gasteiger partial charge in [-0.25, -0.2) is 4.98 Å². The van der Waals surface area contributed by atoms with Gasteiger partial charge in [0.25, 0.3) is 0 Å². The summed E-state index contributed by atoms with van der Waals surface area (Å²) in [5, 5.41) is 2.71. The molecule has 1 aliphatic heterocycles. The molecule has 0 unspecified atom stereocenters. The second-order valence-corrected chi connectivity index (χ2v) is 6.75. The zero-order chi connectivity index (χ0) is 15.1. The molecule has 1 atom stereocenters. The van der Waals surface area contributed by atoms with Crippen LogP contribution in [0.25, 0.3) is 4.96 Å². The SMILES string of the molecule is O=C(Cc1cn2ccsc2n1)N1CC[C@@H]1c1ccc(Cl)cc1. The molecule has 0 bridgehead atoms. The minimum Gasteiger partial charge on any atom is -0.335 e. The predicted molar refractivity (Wildman–Crippen MR) is 87.3 cm³/mol. The lowest BCUT2D eigenvalue weighted by molar-refractivity contribution is -0.138. The van der Waals surface area contributed by atoms with E-state index < -0.39 is 0 Å². The number of carbonyl (C=O) groups excluding carboxylic acids is 1. The Morgan fingerprint density at radius 3 is 2.86 bits per heavy atom. The Balaban J connectivity index is 1.48. The van der Waals surface area contributed by atoms with Gasteiger partial charge in [0.05, 0.1) is 18.2 Å². The van der Waals surface area contributed by atoms with Crippen LogP contribution in [-0.4, -0.2) is 26.7 Å². The Morgan fingerprint density at radius 2 is 2.18 bits per heavy atom. The normalized spacial score (nSPS) is 17.7. The van der Waals surface area contributed by atoms with Crippen LogP contribution in [-0.2, 0) is 11.2 Å². The standard InChI is InChI=1S/C16H14ClN3OS/c17-12-3-1-11(2-4-12)14-5-6-20(14)15(21)9-13-10-19-7-8-22-16(19)18-13/h1-4,7-8,10,14H,5-6,9H2/t14-/m1/s1. The monoisotopic (exact) mass is 331 g/mol. The molecule has 0 N–H and O–H groups in total. The molecule has 112 valence electrons.